The molecule has 0 spiro atoms. The standard InChI is InChI=1S/C22H14ClNO3/c23-15-8-10-18-17(13-15)20(14-5-2-1-3-6-14)21(22(26)24-18)19(25)11-9-16-7-4-12-27-16/h1-13,15H/b11-9+. The molecule has 1 amide bonds. The average Bonchev–Trinajstić information content (AvgIpc) is 3.20. The Hall–Kier alpha value is -3.24. The van der Waals surface area contributed by atoms with Gasteiger partial charge in [-0.15, -0.1) is 11.6 Å². The molecule has 0 N–H and O–H groups in total. The van der Waals surface area contributed by atoms with Gasteiger partial charge in [-0.25, -0.2) is 4.99 Å². The number of ketones is 1. The first-order valence-electron chi connectivity index (χ1n) is 8.37. The van der Waals surface area contributed by atoms with Crippen molar-refractivity contribution < 1.29 is 14.0 Å². The smallest absolute Gasteiger partial charge is 0.282 e. The summed E-state index contributed by atoms with van der Waals surface area (Å²) < 4.78 is 5.20. The fourth-order valence-corrected chi connectivity index (χ4v) is 3.25. The van der Waals surface area contributed by atoms with E-state index in [1.807, 2.05) is 30.3 Å². The Morgan fingerprint density at radius 1 is 1.15 bits per heavy atom. The number of alkyl halides is 1. The number of hydrogen-bond donors (Lipinski definition) is 0. The topological polar surface area (TPSA) is 59.6 Å². The normalized spacial score (nSPS) is 19.1. The molecule has 1 aliphatic carbocycles. The minimum absolute atomic E-state index is 0.0261. The third-order valence-electron chi connectivity index (χ3n) is 4.25. The molecule has 2 heterocycles. The van der Waals surface area contributed by atoms with Crippen molar-refractivity contribution in [1.29, 1.82) is 0 Å². The van der Waals surface area contributed by atoms with E-state index in [0.29, 0.717) is 22.6 Å². The summed E-state index contributed by atoms with van der Waals surface area (Å²) in [5.41, 5.74) is 2.55. The number of rotatable bonds is 4. The van der Waals surface area contributed by atoms with Crippen LogP contribution in [0.25, 0.3) is 11.6 Å². The molecule has 1 aliphatic heterocycles. The van der Waals surface area contributed by atoms with Gasteiger partial charge in [0.15, 0.2) is 5.78 Å². The highest BCUT2D eigenvalue weighted by Crippen LogP contribution is 2.35. The van der Waals surface area contributed by atoms with Gasteiger partial charge in [-0.1, -0.05) is 42.5 Å². The van der Waals surface area contributed by atoms with Crippen molar-refractivity contribution in [3.05, 3.63) is 95.5 Å². The lowest BCUT2D eigenvalue weighted by Gasteiger charge is -2.23. The lowest BCUT2D eigenvalue weighted by Crippen LogP contribution is -2.23. The molecular formula is C22H14ClNO3. The van der Waals surface area contributed by atoms with E-state index in [-0.39, 0.29) is 11.0 Å². The fraction of sp³-hybridized carbons (Fsp3) is 0.0455. The fourth-order valence-electron chi connectivity index (χ4n) is 3.05. The molecule has 1 aromatic heterocycles. The van der Waals surface area contributed by atoms with Crippen LogP contribution >= 0.6 is 11.6 Å². The Morgan fingerprint density at radius 2 is 1.96 bits per heavy atom. The first kappa shape index (κ1) is 17.2. The molecule has 132 valence electrons. The maximum Gasteiger partial charge on any atom is 0.282 e. The highest BCUT2D eigenvalue weighted by molar-refractivity contribution is 6.40. The molecule has 4 rings (SSSR count). The minimum Gasteiger partial charge on any atom is -0.465 e. The van der Waals surface area contributed by atoms with Crippen LogP contribution < -0.4 is 0 Å². The molecule has 0 radical (unpaired) electrons. The van der Waals surface area contributed by atoms with Crippen LogP contribution in [0.5, 0.6) is 0 Å². The molecule has 27 heavy (non-hydrogen) atoms. The van der Waals surface area contributed by atoms with Crippen LogP contribution in [0.15, 0.2) is 93.6 Å². The second-order valence-electron chi connectivity index (χ2n) is 6.02. The van der Waals surface area contributed by atoms with Gasteiger partial charge < -0.3 is 4.42 Å². The van der Waals surface area contributed by atoms with Gasteiger partial charge in [-0.05, 0) is 35.9 Å². The largest absolute Gasteiger partial charge is 0.465 e. The molecule has 4 nitrogen and oxygen atoms in total. The minimum atomic E-state index is -0.562. The number of aliphatic imine (C=N–C) groups is 1. The number of amides is 1. The van der Waals surface area contributed by atoms with Crippen molar-refractivity contribution in [3.8, 4) is 0 Å². The average molecular weight is 376 g/mol. The molecule has 0 saturated heterocycles. The van der Waals surface area contributed by atoms with E-state index in [9.17, 15) is 9.59 Å². The summed E-state index contributed by atoms with van der Waals surface area (Å²) in [6, 6.07) is 12.8. The van der Waals surface area contributed by atoms with Crippen molar-refractivity contribution in [3.63, 3.8) is 0 Å². The number of nitrogens with zero attached hydrogens (tertiary/aromatic N) is 1. The van der Waals surface area contributed by atoms with Crippen molar-refractivity contribution in [2.24, 2.45) is 4.99 Å². The Labute approximate surface area is 160 Å². The van der Waals surface area contributed by atoms with Crippen LogP contribution in [0, 0.1) is 0 Å². The zero-order valence-electron chi connectivity index (χ0n) is 14.1. The second kappa shape index (κ2) is 7.17. The number of benzene rings is 1. The van der Waals surface area contributed by atoms with Gasteiger partial charge in [0, 0.05) is 11.1 Å². The summed E-state index contributed by atoms with van der Waals surface area (Å²) in [6.07, 6.45) is 9.65. The number of allylic oxidation sites excluding steroid dienone is 6. The van der Waals surface area contributed by atoms with Crippen molar-refractivity contribution in [2.45, 2.75) is 5.38 Å². The molecule has 2 aliphatic rings. The van der Waals surface area contributed by atoms with E-state index in [1.165, 1.54) is 18.4 Å². The van der Waals surface area contributed by atoms with Gasteiger partial charge >= 0.3 is 0 Å². The molecule has 5 heteroatoms. The first-order valence-corrected chi connectivity index (χ1v) is 8.80. The second-order valence-corrected chi connectivity index (χ2v) is 6.52. The predicted octanol–water partition coefficient (Wildman–Crippen LogP) is 4.40. The van der Waals surface area contributed by atoms with E-state index in [1.54, 1.807) is 30.4 Å². The molecular weight excluding hydrogens is 362 g/mol. The predicted molar refractivity (Wildman–Crippen MR) is 105 cm³/mol. The van der Waals surface area contributed by atoms with Crippen molar-refractivity contribution in [1.82, 2.24) is 0 Å². The number of dihydropyridines is 1. The summed E-state index contributed by atoms with van der Waals surface area (Å²) in [4.78, 5) is 29.7. The van der Waals surface area contributed by atoms with E-state index >= 15 is 0 Å². The third kappa shape index (κ3) is 3.39. The maximum atomic E-state index is 12.9. The SMILES string of the molecule is O=C(/C=C/c1ccco1)C1=C(c2ccccc2)C2=CC(Cl)C=CC2=NC1=O. The summed E-state index contributed by atoms with van der Waals surface area (Å²) in [6.45, 7) is 0. The number of halogens is 1. The number of carbonyl (C=O) groups is 2. The van der Waals surface area contributed by atoms with E-state index in [2.05, 4.69) is 4.99 Å². The number of hydrogen-bond acceptors (Lipinski definition) is 3. The monoisotopic (exact) mass is 375 g/mol. The van der Waals surface area contributed by atoms with Gasteiger partial charge in [-0.3, -0.25) is 9.59 Å². The summed E-state index contributed by atoms with van der Waals surface area (Å²) in [7, 11) is 0. The van der Waals surface area contributed by atoms with E-state index < -0.39 is 11.7 Å². The molecule has 1 atom stereocenters. The quantitative estimate of drug-likeness (QED) is 0.452. The molecule has 1 aromatic carbocycles. The molecule has 2 aromatic rings. The Morgan fingerprint density at radius 3 is 2.70 bits per heavy atom. The number of fused-ring (bicyclic) bond motifs is 1. The van der Waals surface area contributed by atoms with E-state index in [0.717, 1.165) is 5.56 Å². The van der Waals surface area contributed by atoms with Gasteiger partial charge in [0.05, 0.1) is 22.9 Å². The number of furan rings is 1. The molecule has 1 unspecified atom stereocenters. The van der Waals surface area contributed by atoms with Gasteiger partial charge in [-0.2, -0.15) is 0 Å². The van der Waals surface area contributed by atoms with Crippen LogP contribution in [0.4, 0.5) is 0 Å². The van der Waals surface area contributed by atoms with E-state index in [4.69, 9.17) is 16.0 Å². The molecule has 0 bridgehead atoms. The highest BCUT2D eigenvalue weighted by atomic mass is 35.5. The summed E-state index contributed by atoms with van der Waals surface area (Å²) in [5.74, 6) is -0.467. The van der Waals surface area contributed by atoms with Gasteiger partial charge in [0.2, 0.25) is 0 Å². The van der Waals surface area contributed by atoms with Gasteiger partial charge in [0.1, 0.15) is 5.76 Å². The first-order chi connectivity index (χ1) is 13.1. The van der Waals surface area contributed by atoms with Crippen LogP contribution in [0.3, 0.4) is 0 Å². The lowest BCUT2D eigenvalue weighted by molar-refractivity contribution is -0.118. The third-order valence-corrected chi connectivity index (χ3v) is 4.52. The van der Waals surface area contributed by atoms with Crippen molar-refractivity contribution in [2.75, 3.05) is 0 Å². The highest BCUT2D eigenvalue weighted by Gasteiger charge is 2.31. The summed E-state index contributed by atoms with van der Waals surface area (Å²) in [5, 5.41) is -0.333. The van der Waals surface area contributed by atoms with Crippen LogP contribution in [0.2, 0.25) is 0 Å². The maximum absolute atomic E-state index is 12.9. The van der Waals surface area contributed by atoms with Crippen LogP contribution in [-0.4, -0.2) is 22.8 Å². The Bertz CT molecular complexity index is 1050. The lowest BCUT2D eigenvalue weighted by atomic mass is 9.83. The zero-order chi connectivity index (χ0) is 18.8. The molecule has 0 saturated carbocycles. The van der Waals surface area contributed by atoms with Crippen LogP contribution in [0.1, 0.15) is 11.3 Å². The Kier molecular flexibility index (Phi) is 4.57. The molecule has 0 fully saturated rings. The van der Waals surface area contributed by atoms with Crippen LogP contribution in [-0.2, 0) is 9.59 Å². The van der Waals surface area contributed by atoms with Crippen molar-refractivity contribution >= 4 is 40.7 Å². The number of carbonyl (C=O) groups excluding carboxylic acids is 2. The van der Waals surface area contributed by atoms with Gasteiger partial charge in [0.25, 0.3) is 5.91 Å². The Balaban J connectivity index is 1.86. The summed E-state index contributed by atoms with van der Waals surface area (Å²) >= 11 is 6.24. The zero-order valence-corrected chi connectivity index (χ0v) is 14.9.